The molecule has 1 aliphatic heterocycles. The Balaban J connectivity index is 1.20. The zero-order chi connectivity index (χ0) is 26.2. The molecule has 2 heterocycles. The Morgan fingerprint density at radius 2 is 1.76 bits per heavy atom. The van der Waals surface area contributed by atoms with Gasteiger partial charge < -0.3 is 29.4 Å². The highest BCUT2D eigenvalue weighted by Gasteiger charge is 2.70. The molecular formula is C29H41NO7. The Bertz CT molecular complexity index is 1100. The third kappa shape index (κ3) is 3.65. The van der Waals surface area contributed by atoms with E-state index in [9.17, 15) is 24.9 Å². The summed E-state index contributed by atoms with van der Waals surface area (Å²) >= 11 is 0. The van der Waals surface area contributed by atoms with Crippen LogP contribution in [0.4, 0.5) is 4.79 Å². The van der Waals surface area contributed by atoms with Crippen LogP contribution in [-0.2, 0) is 4.74 Å². The Hall–Kier alpha value is -1.90. The van der Waals surface area contributed by atoms with Crippen LogP contribution in [0.5, 0.6) is 0 Å². The van der Waals surface area contributed by atoms with Gasteiger partial charge in [-0.25, -0.2) is 9.59 Å². The summed E-state index contributed by atoms with van der Waals surface area (Å²) in [6, 6.07) is 3.33. The minimum atomic E-state index is -0.938. The van der Waals surface area contributed by atoms with Gasteiger partial charge in [0, 0.05) is 31.0 Å². The molecule has 204 valence electrons. The molecule has 0 unspecified atom stereocenters. The van der Waals surface area contributed by atoms with E-state index in [1.54, 1.807) is 11.2 Å². The Morgan fingerprint density at radius 3 is 2.46 bits per heavy atom. The van der Waals surface area contributed by atoms with E-state index in [4.69, 9.17) is 9.15 Å². The summed E-state index contributed by atoms with van der Waals surface area (Å²) in [4.78, 5) is 25.7. The summed E-state index contributed by atoms with van der Waals surface area (Å²) in [6.45, 7) is 5.22. The number of fused-ring (bicyclic) bond motifs is 5. The van der Waals surface area contributed by atoms with Gasteiger partial charge in [0.05, 0.1) is 23.6 Å². The fourth-order valence-corrected chi connectivity index (χ4v) is 9.51. The van der Waals surface area contributed by atoms with Crippen molar-refractivity contribution in [2.75, 3.05) is 13.1 Å². The molecule has 8 nitrogen and oxygen atoms in total. The number of aliphatic hydroxyl groups is 3. The predicted octanol–water partition coefficient (Wildman–Crippen LogP) is 3.57. The van der Waals surface area contributed by atoms with Crippen LogP contribution < -0.4 is 5.63 Å². The minimum absolute atomic E-state index is 0.0995. The molecule has 1 aromatic rings. The Kier molecular flexibility index (Phi) is 5.87. The van der Waals surface area contributed by atoms with E-state index in [2.05, 4.69) is 13.8 Å². The van der Waals surface area contributed by atoms with E-state index in [0.717, 1.165) is 37.7 Å². The Morgan fingerprint density at radius 1 is 1.00 bits per heavy atom. The fourth-order valence-electron chi connectivity index (χ4n) is 9.51. The fraction of sp³-hybridized carbons (Fsp3) is 0.793. The van der Waals surface area contributed by atoms with Gasteiger partial charge in [-0.3, -0.25) is 0 Å². The number of aliphatic hydroxyl groups excluding tert-OH is 1. The highest BCUT2D eigenvalue weighted by molar-refractivity contribution is 5.68. The van der Waals surface area contributed by atoms with Crippen LogP contribution in [0.1, 0.15) is 89.5 Å². The molecule has 0 aromatic carbocycles. The first-order valence-corrected chi connectivity index (χ1v) is 14.2. The SMILES string of the molecule is C[C@]12CC[C@H](OC(=O)N3CC[C@H](O)C3)C[C@@]1(O)CC[C@@H]1[C@@H]2CC[C@]2(C)[C@@H](c3ccc(=O)oc3)CC[C@]12O. The van der Waals surface area contributed by atoms with E-state index in [1.165, 1.54) is 6.07 Å². The zero-order valence-corrected chi connectivity index (χ0v) is 22.0. The largest absolute Gasteiger partial charge is 0.446 e. The summed E-state index contributed by atoms with van der Waals surface area (Å²) in [7, 11) is 0. The third-order valence-electron chi connectivity index (χ3n) is 11.8. The molecule has 0 radical (unpaired) electrons. The second-order valence-corrected chi connectivity index (χ2v) is 13.2. The molecule has 6 rings (SSSR count). The topological polar surface area (TPSA) is 120 Å². The van der Waals surface area contributed by atoms with Gasteiger partial charge in [0.1, 0.15) is 6.10 Å². The van der Waals surface area contributed by atoms with Crippen LogP contribution in [-0.4, -0.2) is 62.8 Å². The highest BCUT2D eigenvalue weighted by atomic mass is 16.6. The number of carbonyl (C=O) groups is 1. The normalized spacial score (nSPS) is 47.2. The van der Waals surface area contributed by atoms with Crippen molar-refractivity contribution in [2.45, 2.75) is 107 Å². The first-order chi connectivity index (χ1) is 17.5. The van der Waals surface area contributed by atoms with Crippen LogP contribution in [0.3, 0.4) is 0 Å². The number of ether oxygens (including phenoxy) is 1. The third-order valence-corrected chi connectivity index (χ3v) is 11.8. The molecule has 8 heteroatoms. The Labute approximate surface area is 218 Å². The quantitative estimate of drug-likeness (QED) is 0.551. The maximum atomic E-state index is 12.7. The van der Waals surface area contributed by atoms with Crippen LogP contribution in [0.2, 0.25) is 0 Å². The molecule has 1 saturated heterocycles. The summed E-state index contributed by atoms with van der Waals surface area (Å²) in [5.74, 6) is 0.431. The molecule has 0 bridgehead atoms. The van der Waals surface area contributed by atoms with Crippen LogP contribution in [0.25, 0.3) is 0 Å². The number of amides is 1. The molecule has 5 aliphatic rings. The molecule has 4 saturated carbocycles. The molecule has 5 fully saturated rings. The van der Waals surface area contributed by atoms with Gasteiger partial charge in [0.25, 0.3) is 0 Å². The monoisotopic (exact) mass is 515 g/mol. The average molecular weight is 516 g/mol. The van der Waals surface area contributed by atoms with Crippen LogP contribution in [0, 0.1) is 22.7 Å². The van der Waals surface area contributed by atoms with Gasteiger partial charge in [-0.1, -0.05) is 13.8 Å². The number of β-amino-alcohol motifs (C(OH)–C–C–N with tert-alkyl or cyclic N) is 1. The standard InChI is InChI=1S/C29H41NO7/c1-26-10-5-20(37-25(33)30-14-9-19(31)16-30)15-28(26,34)12-7-23-22(26)6-11-27(2)21(8-13-29(23,27)35)18-3-4-24(32)36-17-18/h3-4,17,19-23,31,34-35H,5-16H2,1-2H3/t19-,20-,21+,22-,23+,26+,27+,28-,29-/m0/s1. The van der Waals surface area contributed by atoms with Crippen molar-refractivity contribution in [3.8, 4) is 0 Å². The zero-order valence-electron chi connectivity index (χ0n) is 22.0. The first kappa shape index (κ1) is 25.4. The van der Waals surface area contributed by atoms with E-state index < -0.39 is 17.3 Å². The van der Waals surface area contributed by atoms with Crippen molar-refractivity contribution >= 4 is 6.09 Å². The second-order valence-electron chi connectivity index (χ2n) is 13.2. The van der Waals surface area contributed by atoms with Crippen molar-refractivity contribution in [1.82, 2.24) is 4.90 Å². The molecule has 4 aliphatic carbocycles. The highest BCUT2D eigenvalue weighted by Crippen LogP contribution is 2.71. The molecule has 0 spiro atoms. The van der Waals surface area contributed by atoms with Crippen molar-refractivity contribution in [3.05, 3.63) is 34.4 Å². The lowest BCUT2D eigenvalue weighted by molar-refractivity contribution is -0.253. The number of carbonyl (C=O) groups excluding carboxylic acids is 1. The van der Waals surface area contributed by atoms with Gasteiger partial charge in [-0.05, 0) is 92.6 Å². The molecule has 1 aromatic heterocycles. The van der Waals surface area contributed by atoms with Crippen LogP contribution in [0.15, 0.2) is 27.6 Å². The summed E-state index contributed by atoms with van der Waals surface area (Å²) in [5.41, 5.74) is -1.80. The lowest BCUT2D eigenvalue weighted by Crippen LogP contribution is -2.67. The van der Waals surface area contributed by atoms with Crippen LogP contribution >= 0.6 is 0 Å². The number of rotatable bonds is 2. The molecule has 37 heavy (non-hydrogen) atoms. The number of nitrogens with zero attached hydrogens (tertiary/aromatic N) is 1. The van der Waals surface area contributed by atoms with Crippen molar-refractivity contribution in [2.24, 2.45) is 22.7 Å². The first-order valence-electron chi connectivity index (χ1n) is 14.2. The molecule has 1 amide bonds. The van der Waals surface area contributed by atoms with Gasteiger partial charge in [-0.15, -0.1) is 0 Å². The average Bonchev–Trinajstić information content (AvgIpc) is 3.41. The van der Waals surface area contributed by atoms with Crippen molar-refractivity contribution in [1.29, 1.82) is 0 Å². The number of hydrogen-bond acceptors (Lipinski definition) is 7. The summed E-state index contributed by atoms with van der Waals surface area (Å²) in [6.07, 6.45) is 7.52. The lowest BCUT2D eigenvalue weighted by atomic mass is 9.42. The van der Waals surface area contributed by atoms with E-state index >= 15 is 0 Å². The van der Waals surface area contributed by atoms with Crippen molar-refractivity contribution < 1.29 is 29.3 Å². The van der Waals surface area contributed by atoms with E-state index in [0.29, 0.717) is 45.2 Å². The summed E-state index contributed by atoms with van der Waals surface area (Å²) < 4.78 is 11.0. The maximum Gasteiger partial charge on any atom is 0.410 e. The summed E-state index contributed by atoms with van der Waals surface area (Å²) in [5, 5.41) is 34.2. The number of hydrogen-bond donors (Lipinski definition) is 3. The second kappa shape index (κ2) is 8.55. The van der Waals surface area contributed by atoms with Gasteiger partial charge in [0.2, 0.25) is 0 Å². The van der Waals surface area contributed by atoms with E-state index in [1.807, 2.05) is 6.07 Å². The molecule has 3 N–H and O–H groups in total. The van der Waals surface area contributed by atoms with E-state index in [-0.39, 0.29) is 46.4 Å². The van der Waals surface area contributed by atoms with Gasteiger partial charge >= 0.3 is 11.7 Å². The van der Waals surface area contributed by atoms with Gasteiger partial charge in [-0.2, -0.15) is 0 Å². The smallest absolute Gasteiger partial charge is 0.410 e. The molecule has 9 atom stereocenters. The van der Waals surface area contributed by atoms with Crippen molar-refractivity contribution in [3.63, 3.8) is 0 Å². The number of likely N-dealkylation sites (tertiary alicyclic amines) is 1. The molecular weight excluding hydrogens is 474 g/mol. The predicted molar refractivity (Wildman–Crippen MR) is 135 cm³/mol. The lowest BCUT2D eigenvalue weighted by Gasteiger charge is -2.66. The maximum absolute atomic E-state index is 12.7. The van der Waals surface area contributed by atoms with Gasteiger partial charge in [0.15, 0.2) is 0 Å². The minimum Gasteiger partial charge on any atom is -0.446 e.